The smallest absolute Gasteiger partial charge is 0.0569 e. The van der Waals surface area contributed by atoms with Crippen LogP contribution in [0.2, 0.25) is 0 Å². The molecule has 4 aliphatic carbocycles. The number of aliphatic hydroxyl groups is 1. The first kappa shape index (κ1) is 22.6. The van der Waals surface area contributed by atoms with Gasteiger partial charge in [-0.3, -0.25) is 0 Å². The Bertz CT molecular complexity index is 701. The second-order valence-corrected chi connectivity index (χ2v) is 12.6. The van der Waals surface area contributed by atoms with Gasteiger partial charge in [0.2, 0.25) is 0 Å². The Hall–Kier alpha value is -0.560. The zero-order valence-electron chi connectivity index (χ0n) is 20.9. The average molecular weight is 413 g/mol. The van der Waals surface area contributed by atoms with E-state index in [0.29, 0.717) is 34.5 Å². The number of hydrogen-bond donors (Lipinski definition) is 1. The first-order valence-electron chi connectivity index (χ1n) is 13.2. The summed E-state index contributed by atoms with van der Waals surface area (Å²) in [4.78, 5) is 0. The van der Waals surface area contributed by atoms with Crippen molar-refractivity contribution < 1.29 is 5.11 Å². The summed E-state index contributed by atoms with van der Waals surface area (Å²) in [6, 6.07) is 0. The molecule has 1 heteroatoms. The van der Waals surface area contributed by atoms with Crippen molar-refractivity contribution in [1.29, 1.82) is 0 Å². The fourth-order valence-corrected chi connectivity index (χ4v) is 8.52. The third-order valence-electron chi connectivity index (χ3n) is 11.0. The zero-order valence-corrected chi connectivity index (χ0v) is 20.9. The first-order chi connectivity index (χ1) is 14.1. The lowest BCUT2D eigenvalue weighted by atomic mass is 9.49. The van der Waals surface area contributed by atoms with Gasteiger partial charge in [0.1, 0.15) is 0 Å². The zero-order chi connectivity index (χ0) is 21.8. The Balaban J connectivity index is 1.58. The highest BCUT2D eigenvalue weighted by molar-refractivity contribution is 5.35. The predicted molar refractivity (Wildman–Crippen MR) is 128 cm³/mol. The lowest BCUT2D eigenvalue weighted by Gasteiger charge is -2.56. The number of fused-ring (bicyclic) bond motifs is 4. The van der Waals surface area contributed by atoms with Gasteiger partial charge in [-0.15, -0.1) is 0 Å². The van der Waals surface area contributed by atoms with Crippen LogP contribution in [-0.4, -0.2) is 11.2 Å². The molecule has 2 saturated carbocycles. The van der Waals surface area contributed by atoms with Gasteiger partial charge >= 0.3 is 0 Å². The number of allylic oxidation sites excluding steroid dienone is 4. The van der Waals surface area contributed by atoms with Crippen LogP contribution in [-0.2, 0) is 0 Å². The Labute approximate surface area is 186 Å². The van der Waals surface area contributed by atoms with Gasteiger partial charge in [0.05, 0.1) is 6.10 Å². The van der Waals surface area contributed by atoms with Crippen molar-refractivity contribution in [1.82, 2.24) is 0 Å². The minimum Gasteiger partial charge on any atom is -0.393 e. The maximum Gasteiger partial charge on any atom is 0.0569 e. The lowest BCUT2D eigenvalue weighted by Crippen LogP contribution is -2.49. The first-order valence-corrected chi connectivity index (χ1v) is 13.2. The van der Waals surface area contributed by atoms with E-state index in [4.69, 9.17) is 0 Å². The Kier molecular flexibility index (Phi) is 6.10. The molecular weight excluding hydrogens is 364 g/mol. The Morgan fingerprint density at radius 1 is 0.933 bits per heavy atom. The topological polar surface area (TPSA) is 20.2 Å². The number of rotatable bonds is 4. The Morgan fingerprint density at radius 3 is 2.37 bits per heavy atom. The summed E-state index contributed by atoms with van der Waals surface area (Å²) in [5, 5.41) is 10.5. The molecule has 0 amide bonds. The van der Waals surface area contributed by atoms with E-state index >= 15 is 0 Å². The molecule has 2 fully saturated rings. The molecule has 170 valence electrons. The third-order valence-corrected chi connectivity index (χ3v) is 11.0. The van der Waals surface area contributed by atoms with Crippen LogP contribution in [0.4, 0.5) is 0 Å². The van der Waals surface area contributed by atoms with E-state index in [9.17, 15) is 5.11 Å². The summed E-state index contributed by atoms with van der Waals surface area (Å²) in [7, 11) is 0. The maximum atomic E-state index is 10.5. The highest BCUT2D eigenvalue weighted by atomic mass is 16.3. The highest BCUT2D eigenvalue weighted by Gasteiger charge is 2.56. The van der Waals surface area contributed by atoms with E-state index in [1.54, 1.807) is 0 Å². The van der Waals surface area contributed by atoms with Gasteiger partial charge in [-0.25, -0.2) is 0 Å². The van der Waals surface area contributed by atoms with Gasteiger partial charge in [0, 0.05) is 0 Å². The standard InChI is InChI=1S/C29H48O/c1-18(2)19(3)8-9-20(4)23-12-13-25-22-10-11-24-21(5)27(30)15-17-29(24,7)26(22)14-16-28(23,25)6/h8-9,18-21,23-25,27,30H,10-17H2,1-7H3/t19-,20+,21?,23+,24?,25-,27?,28+,29-/m0/s1. The van der Waals surface area contributed by atoms with Gasteiger partial charge in [-0.05, 0) is 104 Å². The van der Waals surface area contributed by atoms with Crippen molar-refractivity contribution in [2.24, 2.45) is 52.3 Å². The molecular formula is C29H48O. The summed E-state index contributed by atoms with van der Waals surface area (Å²) in [6.07, 6.45) is 15.4. The van der Waals surface area contributed by atoms with E-state index in [1.807, 2.05) is 11.1 Å². The molecule has 0 aromatic rings. The molecule has 0 spiro atoms. The summed E-state index contributed by atoms with van der Waals surface area (Å²) in [5.74, 6) is 4.93. The quantitative estimate of drug-likeness (QED) is 0.467. The van der Waals surface area contributed by atoms with Crippen molar-refractivity contribution in [3.8, 4) is 0 Å². The van der Waals surface area contributed by atoms with Gasteiger partial charge in [0.15, 0.2) is 0 Å². The van der Waals surface area contributed by atoms with Crippen LogP contribution in [0.15, 0.2) is 23.3 Å². The van der Waals surface area contributed by atoms with Crippen LogP contribution in [0.5, 0.6) is 0 Å². The molecule has 0 bridgehead atoms. The predicted octanol–water partition coefficient (Wildman–Crippen LogP) is 7.80. The minimum absolute atomic E-state index is 0.0733. The van der Waals surface area contributed by atoms with Crippen molar-refractivity contribution in [3.63, 3.8) is 0 Å². The molecule has 3 unspecified atom stereocenters. The molecule has 4 aliphatic rings. The fraction of sp³-hybridized carbons (Fsp3) is 0.862. The lowest BCUT2D eigenvalue weighted by molar-refractivity contribution is -0.0332. The molecule has 30 heavy (non-hydrogen) atoms. The molecule has 1 N–H and O–H groups in total. The van der Waals surface area contributed by atoms with E-state index in [1.165, 1.54) is 44.9 Å². The molecule has 0 radical (unpaired) electrons. The molecule has 9 atom stereocenters. The fourth-order valence-electron chi connectivity index (χ4n) is 8.52. The van der Waals surface area contributed by atoms with Crippen LogP contribution in [0.1, 0.15) is 99.8 Å². The normalized spacial score (nSPS) is 46.0. The number of hydrogen-bond acceptors (Lipinski definition) is 1. The second kappa shape index (κ2) is 8.09. The SMILES string of the molecule is CC1C(O)CC[C@]2(C)C3=C(CCC12)[C@@H]1CC[C@H]([C@H](C)C=C[C@H](C)C(C)C)[C@@]1(C)CC3. The molecule has 0 aromatic heterocycles. The summed E-state index contributed by atoms with van der Waals surface area (Å²) in [5.41, 5.74) is 4.61. The summed E-state index contributed by atoms with van der Waals surface area (Å²) < 4.78 is 0. The maximum absolute atomic E-state index is 10.5. The van der Waals surface area contributed by atoms with Crippen LogP contribution >= 0.6 is 0 Å². The minimum atomic E-state index is -0.0733. The van der Waals surface area contributed by atoms with Crippen LogP contribution < -0.4 is 0 Å². The Morgan fingerprint density at radius 2 is 1.67 bits per heavy atom. The number of aliphatic hydroxyl groups excluding tert-OH is 1. The van der Waals surface area contributed by atoms with E-state index in [0.717, 1.165) is 24.2 Å². The van der Waals surface area contributed by atoms with Gasteiger partial charge in [0.25, 0.3) is 0 Å². The van der Waals surface area contributed by atoms with E-state index < -0.39 is 0 Å². The van der Waals surface area contributed by atoms with Crippen LogP contribution in [0, 0.1) is 52.3 Å². The van der Waals surface area contributed by atoms with Gasteiger partial charge in [-0.1, -0.05) is 71.8 Å². The summed E-state index contributed by atoms with van der Waals surface area (Å²) in [6.45, 7) is 17.1. The van der Waals surface area contributed by atoms with Gasteiger partial charge in [-0.2, -0.15) is 0 Å². The largest absolute Gasteiger partial charge is 0.393 e. The van der Waals surface area contributed by atoms with Crippen molar-refractivity contribution in [2.45, 2.75) is 106 Å². The third kappa shape index (κ3) is 3.46. The van der Waals surface area contributed by atoms with Gasteiger partial charge < -0.3 is 5.11 Å². The van der Waals surface area contributed by atoms with E-state index in [-0.39, 0.29) is 6.10 Å². The van der Waals surface area contributed by atoms with Crippen molar-refractivity contribution in [3.05, 3.63) is 23.3 Å². The van der Waals surface area contributed by atoms with E-state index in [2.05, 4.69) is 60.6 Å². The molecule has 0 saturated heterocycles. The monoisotopic (exact) mass is 412 g/mol. The average Bonchev–Trinajstić information content (AvgIpc) is 3.06. The second-order valence-electron chi connectivity index (χ2n) is 12.6. The van der Waals surface area contributed by atoms with Crippen molar-refractivity contribution >= 4 is 0 Å². The molecule has 4 rings (SSSR count). The molecule has 1 nitrogen and oxygen atoms in total. The summed E-state index contributed by atoms with van der Waals surface area (Å²) >= 11 is 0. The van der Waals surface area contributed by atoms with Crippen LogP contribution in [0.3, 0.4) is 0 Å². The molecule has 0 aliphatic heterocycles. The molecule has 0 heterocycles. The molecule has 0 aromatic carbocycles. The highest BCUT2D eigenvalue weighted by Crippen LogP contribution is 2.66. The van der Waals surface area contributed by atoms with Crippen molar-refractivity contribution in [2.75, 3.05) is 0 Å². The van der Waals surface area contributed by atoms with Crippen LogP contribution in [0.25, 0.3) is 0 Å².